The molecule has 82 valence electrons. The van der Waals surface area contributed by atoms with Crippen molar-refractivity contribution in [3.05, 3.63) is 46.3 Å². The molecule has 0 radical (unpaired) electrons. The number of hydrogen-bond acceptors (Lipinski definition) is 2. The smallest absolute Gasteiger partial charge is 0.0854 e. The van der Waals surface area contributed by atoms with Gasteiger partial charge in [-0.15, -0.1) is 11.3 Å². The second kappa shape index (κ2) is 3.72. The monoisotopic (exact) mass is 230 g/mol. The number of aliphatic hydroxyl groups excluding tert-OH is 1. The number of aryl methyl sites for hydroxylation is 2. The number of hydrogen-bond donors (Lipinski definition) is 1. The highest BCUT2D eigenvalue weighted by Gasteiger charge is 2.19. The van der Waals surface area contributed by atoms with Crippen LogP contribution in [0.4, 0.5) is 0 Å². The normalized spacial score (nSPS) is 15.4. The highest BCUT2D eigenvalue weighted by atomic mass is 32.1. The fourth-order valence-electron chi connectivity index (χ4n) is 2.30. The largest absolute Gasteiger partial charge is 0.388 e. The standard InChI is InChI=1S/C14H14OS/c1-9(15)13-8-11-7-6-10-4-2-3-5-12(10)14(11)16-13/h2-5,8-9,15H,6-7H2,1H3. The first kappa shape index (κ1) is 10.1. The van der Waals surface area contributed by atoms with Crippen molar-refractivity contribution in [1.82, 2.24) is 0 Å². The van der Waals surface area contributed by atoms with Gasteiger partial charge in [-0.05, 0) is 42.5 Å². The second-order valence-corrected chi connectivity index (χ2v) is 5.42. The summed E-state index contributed by atoms with van der Waals surface area (Å²) in [5, 5.41) is 9.63. The Balaban J connectivity index is 2.17. The van der Waals surface area contributed by atoms with Gasteiger partial charge < -0.3 is 5.11 Å². The molecule has 0 saturated heterocycles. The molecule has 1 atom stereocenters. The van der Waals surface area contributed by atoms with E-state index in [0.29, 0.717) is 0 Å². The zero-order valence-corrected chi connectivity index (χ0v) is 10.1. The zero-order chi connectivity index (χ0) is 11.1. The van der Waals surface area contributed by atoms with Crippen LogP contribution in [0.15, 0.2) is 30.3 Å². The molecule has 1 aromatic heterocycles. The van der Waals surface area contributed by atoms with Crippen LogP contribution in [-0.4, -0.2) is 5.11 Å². The third kappa shape index (κ3) is 1.49. The van der Waals surface area contributed by atoms with Crippen LogP contribution in [-0.2, 0) is 12.8 Å². The molecule has 0 bridgehead atoms. The topological polar surface area (TPSA) is 20.2 Å². The van der Waals surface area contributed by atoms with Crippen molar-refractivity contribution in [2.45, 2.75) is 25.9 Å². The van der Waals surface area contributed by atoms with E-state index in [1.807, 2.05) is 6.92 Å². The molecule has 0 amide bonds. The van der Waals surface area contributed by atoms with Crippen LogP contribution >= 0.6 is 11.3 Å². The minimum absolute atomic E-state index is 0.345. The molecule has 3 rings (SSSR count). The van der Waals surface area contributed by atoms with Gasteiger partial charge in [0.25, 0.3) is 0 Å². The lowest BCUT2D eigenvalue weighted by Crippen LogP contribution is -2.00. The zero-order valence-electron chi connectivity index (χ0n) is 9.23. The van der Waals surface area contributed by atoms with E-state index in [2.05, 4.69) is 30.3 Å². The first-order chi connectivity index (χ1) is 7.75. The van der Waals surface area contributed by atoms with E-state index >= 15 is 0 Å². The van der Waals surface area contributed by atoms with E-state index in [-0.39, 0.29) is 6.10 Å². The molecule has 1 nitrogen and oxygen atoms in total. The fraction of sp³-hybridized carbons (Fsp3) is 0.286. The molecule has 2 aromatic rings. The lowest BCUT2D eigenvalue weighted by molar-refractivity contribution is 0.203. The summed E-state index contributed by atoms with van der Waals surface area (Å²) in [6, 6.07) is 10.8. The van der Waals surface area contributed by atoms with Crippen LogP contribution in [0.1, 0.15) is 29.0 Å². The molecule has 1 aliphatic carbocycles. The van der Waals surface area contributed by atoms with Gasteiger partial charge in [-0.1, -0.05) is 24.3 Å². The number of benzene rings is 1. The molecular formula is C14H14OS. The van der Waals surface area contributed by atoms with Gasteiger partial charge >= 0.3 is 0 Å². The van der Waals surface area contributed by atoms with Crippen molar-refractivity contribution in [1.29, 1.82) is 0 Å². The number of aliphatic hydroxyl groups is 1. The summed E-state index contributed by atoms with van der Waals surface area (Å²) in [4.78, 5) is 2.44. The minimum atomic E-state index is -0.345. The lowest BCUT2D eigenvalue weighted by atomic mass is 9.91. The van der Waals surface area contributed by atoms with E-state index in [0.717, 1.165) is 17.7 Å². The fourth-order valence-corrected chi connectivity index (χ4v) is 3.51. The molecule has 0 aliphatic heterocycles. The highest BCUT2D eigenvalue weighted by Crippen LogP contribution is 2.40. The molecule has 1 N–H and O–H groups in total. The molecule has 1 heterocycles. The van der Waals surface area contributed by atoms with Crippen molar-refractivity contribution < 1.29 is 5.11 Å². The molecule has 0 saturated carbocycles. The summed E-state index contributed by atoms with van der Waals surface area (Å²) < 4.78 is 0. The summed E-state index contributed by atoms with van der Waals surface area (Å²) in [6.45, 7) is 1.84. The predicted molar refractivity (Wildman–Crippen MR) is 67.8 cm³/mol. The van der Waals surface area contributed by atoms with Gasteiger partial charge in [0, 0.05) is 9.75 Å². The van der Waals surface area contributed by atoms with Crippen LogP contribution < -0.4 is 0 Å². The maximum atomic E-state index is 9.63. The Bertz CT molecular complexity index is 525. The lowest BCUT2D eigenvalue weighted by Gasteiger charge is -2.15. The Morgan fingerprint density at radius 1 is 1.19 bits per heavy atom. The Morgan fingerprint density at radius 3 is 2.75 bits per heavy atom. The summed E-state index contributed by atoms with van der Waals surface area (Å²) in [7, 11) is 0. The van der Waals surface area contributed by atoms with Crippen LogP contribution in [0.3, 0.4) is 0 Å². The van der Waals surface area contributed by atoms with Gasteiger partial charge in [-0.3, -0.25) is 0 Å². The third-order valence-corrected chi connectivity index (χ3v) is 4.55. The molecule has 16 heavy (non-hydrogen) atoms. The van der Waals surface area contributed by atoms with Crippen LogP contribution in [0.5, 0.6) is 0 Å². The first-order valence-corrected chi connectivity index (χ1v) is 6.46. The molecular weight excluding hydrogens is 216 g/mol. The Labute approximate surface area is 99.4 Å². The summed E-state index contributed by atoms with van der Waals surface area (Å²) in [5.74, 6) is 0. The summed E-state index contributed by atoms with van der Waals surface area (Å²) in [6.07, 6.45) is 1.89. The van der Waals surface area contributed by atoms with Gasteiger partial charge in [-0.25, -0.2) is 0 Å². The van der Waals surface area contributed by atoms with Crippen LogP contribution in [0.25, 0.3) is 10.4 Å². The average Bonchev–Trinajstić information content (AvgIpc) is 2.73. The number of thiophene rings is 1. The van der Waals surface area contributed by atoms with Gasteiger partial charge in [0.15, 0.2) is 0 Å². The SMILES string of the molecule is CC(O)c1cc2c(s1)-c1ccccc1CC2. The van der Waals surface area contributed by atoms with Gasteiger partial charge in [0.1, 0.15) is 0 Å². The van der Waals surface area contributed by atoms with Gasteiger partial charge in [0.05, 0.1) is 6.10 Å². The van der Waals surface area contributed by atoms with E-state index in [1.54, 1.807) is 11.3 Å². The van der Waals surface area contributed by atoms with Crippen molar-refractivity contribution >= 4 is 11.3 Å². The number of fused-ring (bicyclic) bond motifs is 3. The molecule has 1 unspecified atom stereocenters. The first-order valence-electron chi connectivity index (χ1n) is 5.64. The van der Waals surface area contributed by atoms with Gasteiger partial charge in [-0.2, -0.15) is 0 Å². The van der Waals surface area contributed by atoms with Crippen molar-refractivity contribution in [2.24, 2.45) is 0 Å². The quantitative estimate of drug-likeness (QED) is 0.794. The maximum Gasteiger partial charge on any atom is 0.0854 e. The molecule has 0 spiro atoms. The van der Waals surface area contributed by atoms with Crippen molar-refractivity contribution in [3.63, 3.8) is 0 Å². The Kier molecular flexibility index (Phi) is 2.34. The van der Waals surface area contributed by atoms with E-state index in [4.69, 9.17) is 0 Å². The third-order valence-electron chi connectivity index (χ3n) is 3.17. The van der Waals surface area contributed by atoms with Crippen LogP contribution in [0.2, 0.25) is 0 Å². The maximum absolute atomic E-state index is 9.63. The Morgan fingerprint density at radius 2 is 1.94 bits per heavy atom. The second-order valence-electron chi connectivity index (χ2n) is 4.34. The number of rotatable bonds is 1. The molecule has 2 heteroatoms. The molecule has 0 fully saturated rings. The molecule has 1 aromatic carbocycles. The average molecular weight is 230 g/mol. The van der Waals surface area contributed by atoms with Crippen molar-refractivity contribution in [2.75, 3.05) is 0 Å². The van der Waals surface area contributed by atoms with E-state index in [1.165, 1.54) is 21.6 Å². The van der Waals surface area contributed by atoms with Crippen molar-refractivity contribution in [3.8, 4) is 10.4 Å². The summed E-state index contributed by atoms with van der Waals surface area (Å²) >= 11 is 1.74. The highest BCUT2D eigenvalue weighted by molar-refractivity contribution is 7.15. The van der Waals surface area contributed by atoms with Gasteiger partial charge in [0.2, 0.25) is 0 Å². The minimum Gasteiger partial charge on any atom is -0.388 e. The van der Waals surface area contributed by atoms with E-state index < -0.39 is 0 Å². The Hall–Kier alpha value is -1.12. The van der Waals surface area contributed by atoms with Crippen LogP contribution in [0, 0.1) is 0 Å². The predicted octanol–water partition coefficient (Wildman–Crippen LogP) is 3.57. The van der Waals surface area contributed by atoms with E-state index in [9.17, 15) is 5.11 Å². The summed E-state index contributed by atoms with van der Waals surface area (Å²) in [5.41, 5.74) is 4.20. The molecule has 1 aliphatic rings.